The first-order chi connectivity index (χ1) is 27.0. The molecule has 0 fully saturated rings. The van der Waals surface area contributed by atoms with Crippen LogP contribution < -0.4 is 0 Å². The van der Waals surface area contributed by atoms with Crippen LogP contribution in [0.25, 0.3) is 63.1 Å². The Bertz CT molecular complexity index is 2590. The number of carbonyl (C=O) groups excluding carboxylic acids is 4. The van der Waals surface area contributed by atoms with E-state index in [2.05, 4.69) is 80.1 Å². The Balaban J connectivity index is 0.000000189. The summed E-state index contributed by atoms with van der Waals surface area (Å²) in [6, 6.07) is 15.0. The maximum absolute atomic E-state index is 12.2. The van der Waals surface area contributed by atoms with Gasteiger partial charge in [0.05, 0.1) is 73.6 Å². The topological polar surface area (TPSA) is 157 Å². The first-order valence-corrected chi connectivity index (χ1v) is 25.4. The molecule has 4 aromatic heterocycles. The smallest absolute Gasteiger partial charge is 0.300 e. The van der Waals surface area contributed by atoms with Gasteiger partial charge >= 0.3 is 0 Å². The minimum absolute atomic E-state index is 0.0292. The van der Waals surface area contributed by atoms with Gasteiger partial charge in [-0.2, -0.15) is 0 Å². The van der Waals surface area contributed by atoms with Crippen LogP contribution in [0.1, 0.15) is 62.2 Å². The maximum atomic E-state index is 12.2. The molecule has 286 valence electrons. The molecule has 0 saturated carbocycles. The number of aliphatic carboxylic acids is 1. The minimum atomic E-state index is -0.833. The summed E-state index contributed by atoms with van der Waals surface area (Å²) in [6.07, 6.45) is 0. The molecular weight excluding hydrogens is 1060 g/mol. The number of aromatic nitrogens is 4. The van der Waals surface area contributed by atoms with Crippen molar-refractivity contribution in [2.45, 2.75) is 20.8 Å². The highest BCUT2D eigenvalue weighted by Gasteiger charge is 2.21. The van der Waals surface area contributed by atoms with E-state index in [4.69, 9.17) is 9.90 Å². The highest BCUT2D eigenvalue weighted by atomic mass is 80.9. The molecule has 0 unspecified atom stereocenters. The molecule has 0 spiro atoms. The number of fused-ring (bicyclic) bond motifs is 4. The number of ketones is 4. The molecule has 0 aliphatic carbocycles. The average molecular weight is 1080 g/mol. The zero-order valence-corrected chi connectivity index (χ0v) is 38.9. The van der Waals surface area contributed by atoms with Gasteiger partial charge in [0.15, 0.2) is 23.1 Å². The Morgan fingerprint density at radius 2 is 0.714 bits per heavy atom. The molecule has 0 bridgehead atoms. The quantitative estimate of drug-likeness (QED) is 0.115. The number of thiazole rings is 4. The van der Waals surface area contributed by atoms with Crippen molar-refractivity contribution < 1.29 is 29.1 Å². The third-order valence-corrected chi connectivity index (χ3v) is 12.6. The van der Waals surface area contributed by atoms with Crippen molar-refractivity contribution in [2.24, 2.45) is 0 Å². The molecule has 18 heteroatoms. The number of Topliss-reactive ketones (excluding diaryl/α,β-unsaturated/α-hetero) is 4. The number of benzene rings is 4. The number of alkyl halides is 2. The standard InChI is InChI=1S/C18H10Br2N2O2S2.C18H12N2O2S2.C2H4O2.Br2/c19-5-13(23)11-3-1-9(15-17(11)25-7-21-15)10-2-4-12(14(24)6-20)18-16(10)22-8-26-18;1-9(21)11-3-5-13(15-17(11)23-7-19-15)14-6-4-12(10(2)22)18-16(14)20-8-24-18;1-2(3)4;1-2/h1-4,7-8H,5-6H2;3-8H,1-2H3;1H3,(H,3,4);. The van der Waals surface area contributed by atoms with Crippen LogP contribution in [0.3, 0.4) is 0 Å². The van der Waals surface area contributed by atoms with Gasteiger partial charge in [0.2, 0.25) is 0 Å². The van der Waals surface area contributed by atoms with Crippen LogP contribution in [-0.4, -0.2) is 64.8 Å². The van der Waals surface area contributed by atoms with Crippen molar-refractivity contribution in [1.29, 1.82) is 0 Å². The van der Waals surface area contributed by atoms with Crippen molar-refractivity contribution in [3.05, 3.63) is 92.8 Å². The summed E-state index contributed by atoms with van der Waals surface area (Å²) < 4.78 is 3.52. The van der Waals surface area contributed by atoms with Gasteiger partial charge in [-0.15, -0.1) is 45.3 Å². The second-order valence-corrected chi connectivity index (χ2v) is 16.0. The number of hydrogen-bond acceptors (Lipinski definition) is 13. The zero-order valence-electron chi connectivity index (χ0n) is 29.3. The summed E-state index contributed by atoms with van der Waals surface area (Å²) in [4.78, 5) is 74.9. The van der Waals surface area contributed by atoms with E-state index in [9.17, 15) is 19.2 Å². The molecule has 0 atom stereocenters. The van der Waals surface area contributed by atoms with E-state index in [0.29, 0.717) is 22.3 Å². The zero-order chi connectivity index (χ0) is 40.7. The number of carboxylic acid groups (broad SMARTS) is 1. The third-order valence-electron chi connectivity index (χ3n) is 8.12. The number of hydrogen-bond donors (Lipinski definition) is 1. The largest absolute Gasteiger partial charge is 0.481 e. The number of nitrogens with zero attached hydrogens (tertiary/aromatic N) is 4. The van der Waals surface area contributed by atoms with E-state index in [0.717, 1.165) is 70.0 Å². The first kappa shape index (κ1) is 43.6. The molecule has 0 amide bonds. The molecule has 0 aliphatic rings. The Kier molecular flexibility index (Phi) is 15.4. The molecule has 8 rings (SSSR count). The molecule has 0 aliphatic heterocycles. The summed E-state index contributed by atoms with van der Waals surface area (Å²) in [7, 11) is 0. The van der Waals surface area contributed by atoms with E-state index in [1.165, 1.54) is 45.3 Å². The normalized spacial score (nSPS) is 10.6. The fourth-order valence-electron chi connectivity index (χ4n) is 5.81. The summed E-state index contributed by atoms with van der Waals surface area (Å²) >= 11 is 17.8. The van der Waals surface area contributed by atoms with E-state index in [1.54, 1.807) is 35.9 Å². The second-order valence-electron chi connectivity index (χ2n) is 11.5. The Hall–Kier alpha value is -3.49. The number of carbonyl (C=O) groups is 5. The second kappa shape index (κ2) is 19.8. The molecule has 56 heavy (non-hydrogen) atoms. The Morgan fingerprint density at radius 1 is 0.482 bits per heavy atom. The molecule has 0 radical (unpaired) electrons. The van der Waals surface area contributed by atoms with E-state index in [1.807, 2.05) is 48.5 Å². The number of carboxylic acids is 1. The number of rotatable bonds is 8. The molecule has 4 heterocycles. The lowest BCUT2D eigenvalue weighted by atomic mass is 9.98. The van der Waals surface area contributed by atoms with E-state index in [-0.39, 0.29) is 33.8 Å². The van der Waals surface area contributed by atoms with Crippen LogP contribution in [0.5, 0.6) is 0 Å². The lowest BCUT2D eigenvalue weighted by Crippen LogP contribution is -2.01. The van der Waals surface area contributed by atoms with Crippen LogP contribution in [0.4, 0.5) is 0 Å². The van der Waals surface area contributed by atoms with Gasteiger partial charge in [-0.05, 0) is 38.1 Å². The van der Waals surface area contributed by atoms with Gasteiger partial charge in [-0.25, -0.2) is 19.9 Å². The van der Waals surface area contributed by atoms with Crippen molar-refractivity contribution >= 4 is 175 Å². The van der Waals surface area contributed by atoms with Crippen LogP contribution in [-0.2, 0) is 4.79 Å². The molecule has 1 N–H and O–H groups in total. The van der Waals surface area contributed by atoms with Crippen molar-refractivity contribution in [1.82, 2.24) is 19.9 Å². The SMILES string of the molecule is BrBr.CC(=O)O.CC(=O)c1ccc(-c2ccc(C(C)=O)c3scnc23)c2ncsc12.O=C(CBr)c1ccc(-c2ccc(C(=O)CBr)c3scnc23)c2ncsc12. The lowest BCUT2D eigenvalue weighted by molar-refractivity contribution is -0.134. The molecule has 4 aromatic carbocycles. The van der Waals surface area contributed by atoms with Crippen molar-refractivity contribution in [3.63, 3.8) is 0 Å². The third kappa shape index (κ3) is 9.12. The van der Waals surface area contributed by atoms with Gasteiger partial charge in [-0.1, -0.05) is 56.1 Å². The van der Waals surface area contributed by atoms with Crippen LogP contribution in [0.15, 0.2) is 70.6 Å². The van der Waals surface area contributed by atoms with Gasteiger partial charge in [0, 0.05) is 79.7 Å². The highest BCUT2D eigenvalue weighted by molar-refractivity contribution is 9.93. The first-order valence-electron chi connectivity index (χ1n) is 16.0. The van der Waals surface area contributed by atoms with Gasteiger partial charge in [0.1, 0.15) is 0 Å². The van der Waals surface area contributed by atoms with E-state index >= 15 is 0 Å². The Labute approximate surface area is 367 Å². The van der Waals surface area contributed by atoms with Crippen molar-refractivity contribution in [2.75, 3.05) is 10.7 Å². The molecule has 8 aromatic rings. The number of halogens is 4. The van der Waals surface area contributed by atoms with Gasteiger partial charge in [-0.3, -0.25) is 24.0 Å². The lowest BCUT2D eigenvalue weighted by Gasteiger charge is -2.08. The molecular formula is C38H26Br4N4O6S4. The predicted octanol–water partition coefficient (Wildman–Crippen LogP) is 12.5. The van der Waals surface area contributed by atoms with Crippen LogP contribution in [0.2, 0.25) is 0 Å². The fourth-order valence-corrected chi connectivity index (χ4v) is 9.86. The molecule has 0 saturated heterocycles. The Morgan fingerprint density at radius 3 is 0.946 bits per heavy atom. The maximum Gasteiger partial charge on any atom is 0.300 e. The average Bonchev–Trinajstić information content (AvgIpc) is 4.03. The summed E-state index contributed by atoms with van der Waals surface area (Å²) in [5.41, 5.74) is 16.6. The fraction of sp³-hybridized carbons (Fsp3) is 0.132. The van der Waals surface area contributed by atoms with Crippen LogP contribution >= 0.6 is 105 Å². The summed E-state index contributed by atoms with van der Waals surface area (Å²) in [6.45, 7) is 4.21. The monoisotopic (exact) mass is 1080 g/mol. The van der Waals surface area contributed by atoms with Gasteiger partial charge in [0.25, 0.3) is 5.97 Å². The van der Waals surface area contributed by atoms with E-state index < -0.39 is 5.97 Å². The highest BCUT2D eigenvalue weighted by Crippen LogP contribution is 2.39. The summed E-state index contributed by atoms with van der Waals surface area (Å²) in [5, 5.41) is 7.97. The van der Waals surface area contributed by atoms with Crippen LogP contribution in [0, 0.1) is 0 Å². The predicted molar refractivity (Wildman–Crippen MR) is 244 cm³/mol. The van der Waals surface area contributed by atoms with Gasteiger partial charge < -0.3 is 5.11 Å². The van der Waals surface area contributed by atoms with Crippen molar-refractivity contribution in [3.8, 4) is 22.3 Å². The molecule has 10 nitrogen and oxygen atoms in total. The summed E-state index contributed by atoms with van der Waals surface area (Å²) in [5.74, 6) is -0.714. The minimum Gasteiger partial charge on any atom is -0.481 e.